The smallest absolute Gasteiger partial charge is 0.349 e. The van der Waals surface area contributed by atoms with Crippen LogP contribution in [0.4, 0.5) is 5.69 Å². The Balaban J connectivity index is 2.13. The first kappa shape index (κ1) is 30.5. The lowest BCUT2D eigenvalue weighted by Crippen LogP contribution is -2.27. The Bertz CT molecular complexity index is 1070. The molecule has 2 aromatic rings. The Hall–Kier alpha value is -1.74. The molecule has 15 heteroatoms. The summed E-state index contributed by atoms with van der Waals surface area (Å²) in [7, 11) is -0.349. The zero-order valence-corrected chi connectivity index (χ0v) is 24.6. The van der Waals surface area contributed by atoms with Gasteiger partial charge in [0.1, 0.15) is 24.1 Å². The molecule has 2 rings (SSSR count). The van der Waals surface area contributed by atoms with Crippen LogP contribution in [0.25, 0.3) is 0 Å². The molecule has 0 aliphatic carbocycles. The molecule has 0 bridgehead atoms. The van der Waals surface area contributed by atoms with Crippen molar-refractivity contribution in [3.05, 3.63) is 54.1 Å². The zero-order chi connectivity index (χ0) is 26.8. The van der Waals surface area contributed by atoms with E-state index in [0.29, 0.717) is 11.4 Å². The third-order valence-corrected chi connectivity index (χ3v) is 10.7. The summed E-state index contributed by atoms with van der Waals surface area (Å²) in [4.78, 5) is 1.55. The third kappa shape index (κ3) is 8.98. The van der Waals surface area contributed by atoms with E-state index in [0.717, 1.165) is 11.3 Å². The van der Waals surface area contributed by atoms with E-state index in [9.17, 15) is 9.13 Å². The van der Waals surface area contributed by atoms with Crippen LogP contribution in [0.15, 0.2) is 53.6 Å². The summed E-state index contributed by atoms with van der Waals surface area (Å²) in [5, 5.41) is 4.37. The molecule has 0 saturated carbocycles. The fourth-order valence-electron chi connectivity index (χ4n) is 2.79. The van der Waals surface area contributed by atoms with Gasteiger partial charge in [-0.2, -0.15) is 5.10 Å². The predicted molar refractivity (Wildman–Crippen MR) is 147 cm³/mol. The van der Waals surface area contributed by atoms with E-state index < -0.39 is 22.3 Å². The number of hydrogen-bond donors (Lipinski definition) is 0. The molecule has 0 spiro atoms. The van der Waals surface area contributed by atoms with Crippen LogP contribution < -0.4 is 14.2 Å². The molecule has 2 aromatic carbocycles. The standard InChI is InChI=1S/C21H32N3O8P3S/c1-23(22-15-18-7-11-20(27-2)12-8-18)33(36)32-21-13-9-19(10-14-21)24(16-34(25,28-3)29-4)17-35(26,30-5)31-6/h7-15,33H,16-17H2,1-6H3/b22-15+. The van der Waals surface area contributed by atoms with Crippen molar-refractivity contribution in [2.75, 3.05) is 60.1 Å². The molecule has 0 heterocycles. The minimum absolute atomic E-state index is 0.171. The highest BCUT2D eigenvalue weighted by Gasteiger charge is 2.32. The molecule has 36 heavy (non-hydrogen) atoms. The average Bonchev–Trinajstić information content (AvgIpc) is 2.91. The van der Waals surface area contributed by atoms with E-state index in [4.69, 9.17) is 39.2 Å². The molecule has 0 aromatic heterocycles. The molecule has 0 aliphatic heterocycles. The average molecular weight is 579 g/mol. The third-order valence-electron chi connectivity index (χ3n) is 4.97. The monoisotopic (exact) mass is 579 g/mol. The van der Waals surface area contributed by atoms with Gasteiger partial charge in [0.05, 0.1) is 13.3 Å². The number of anilines is 1. The molecule has 0 saturated heterocycles. The summed E-state index contributed by atoms with van der Waals surface area (Å²) >= 11 is 5.51. The van der Waals surface area contributed by atoms with Crippen molar-refractivity contribution in [2.45, 2.75) is 0 Å². The molecule has 1 atom stereocenters. The highest BCUT2D eigenvalue weighted by Crippen LogP contribution is 2.52. The fraction of sp³-hybridized carbons (Fsp3) is 0.381. The van der Waals surface area contributed by atoms with E-state index >= 15 is 0 Å². The Morgan fingerprint density at radius 2 is 1.31 bits per heavy atom. The number of methoxy groups -OCH3 is 1. The van der Waals surface area contributed by atoms with Crippen LogP contribution in [0.3, 0.4) is 0 Å². The summed E-state index contributed by atoms with van der Waals surface area (Å²) in [6.07, 6.45) is 1.35. The van der Waals surface area contributed by atoms with Crippen molar-refractivity contribution in [3.63, 3.8) is 0 Å². The molecule has 1 unspecified atom stereocenters. The minimum Gasteiger partial charge on any atom is -0.497 e. The van der Waals surface area contributed by atoms with Gasteiger partial charge in [0.2, 0.25) is 7.07 Å². The molecular formula is C21H32N3O8P3S. The van der Waals surface area contributed by atoms with Gasteiger partial charge in [-0.3, -0.25) is 9.13 Å². The first-order chi connectivity index (χ1) is 17.1. The van der Waals surface area contributed by atoms with Crippen molar-refractivity contribution >= 4 is 46.0 Å². The Morgan fingerprint density at radius 1 is 0.833 bits per heavy atom. The zero-order valence-electron chi connectivity index (χ0n) is 21.0. The van der Waals surface area contributed by atoms with Gasteiger partial charge < -0.3 is 32.3 Å². The summed E-state index contributed by atoms with van der Waals surface area (Å²) in [6, 6.07) is 14.3. The SMILES string of the molecule is COc1ccc(/C=N/N(C)[PH](=S)Oc2ccc(N(CP(=O)(OC)OC)CP(=O)(OC)OC)cc2)cc1. The number of hydrogen-bond acceptors (Lipinski definition) is 11. The number of benzene rings is 2. The maximum absolute atomic E-state index is 12.8. The number of ether oxygens (including phenoxy) is 1. The Kier molecular flexibility index (Phi) is 12.1. The molecule has 0 fully saturated rings. The predicted octanol–water partition coefficient (Wildman–Crippen LogP) is 5.24. The van der Waals surface area contributed by atoms with Gasteiger partial charge in [0.25, 0.3) is 0 Å². The van der Waals surface area contributed by atoms with E-state index in [-0.39, 0.29) is 12.6 Å². The van der Waals surface area contributed by atoms with Crippen LogP contribution in [0.5, 0.6) is 11.5 Å². The highest BCUT2D eigenvalue weighted by atomic mass is 32.4. The molecular weight excluding hydrogens is 547 g/mol. The molecule has 11 nitrogen and oxygen atoms in total. The topological polar surface area (TPSA) is 108 Å². The van der Waals surface area contributed by atoms with Gasteiger partial charge in [-0.1, -0.05) is 0 Å². The first-order valence-corrected chi connectivity index (χ1v) is 16.4. The van der Waals surface area contributed by atoms with Crippen LogP contribution >= 0.6 is 22.3 Å². The van der Waals surface area contributed by atoms with Gasteiger partial charge in [-0.25, -0.2) is 4.78 Å². The van der Waals surface area contributed by atoms with Gasteiger partial charge in [-0.05, 0) is 65.9 Å². The lowest BCUT2D eigenvalue weighted by molar-refractivity contribution is 0.270. The molecule has 0 amide bonds. The van der Waals surface area contributed by atoms with Gasteiger partial charge in [-0.15, -0.1) is 0 Å². The second kappa shape index (κ2) is 14.3. The quantitative estimate of drug-likeness (QED) is 0.157. The van der Waals surface area contributed by atoms with Crippen molar-refractivity contribution in [3.8, 4) is 11.5 Å². The second-order valence-corrected chi connectivity index (χ2v) is 14.1. The van der Waals surface area contributed by atoms with Crippen molar-refractivity contribution in [2.24, 2.45) is 5.10 Å². The van der Waals surface area contributed by atoms with Crippen LogP contribution in [0, 0.1) is 0 Å². The van der Waals surface area contributed by atoms with Crippen molar-refractivity contribution in [1.29, 1.82) is 0 Å². The second-order valence-electron chi connectivity index (χ2n) is 7.18. The number of rotatable bonds is 15. The normalized spacial score (nSPS) is 12.9. The van der Waals surface area contributed by atoms with Gasteiger partial charge >= 0.3 is 15.2 Å². The molecule has 0 aliphatic rings. The Labute approximate surface area is 217 Å². The Morgan fingerprint density at radius 3 is 1.75 bits per heavy atom. The fourth-order valence-corrected chi connectivity index (χ4v) is 6.12. The summed E-state index contributed by atoms with van der Waals surface area (Å²) < 4.78 is 58.4. The summed E-state index contributed by atoms with van der Waals surface area (Å²) in [5.74, 6) is 1.29. The van der Waals surface area contributed by atoms with E-state index in [1.807, 2.05) is 24.3 Å². The minimum atomic E-state index is -3.47. The lowest BCUT2D eigenvalue weighted by Gasteiger charge is -2.29. The number of nitrogens with zero attached hydrogens (tertiary/aromatic N) is 3. The first-order valence-electron chi connectivity index (χ1n) is 10.5. The summed E-state index contributed by atoms with van der Waals surface area (Å²) in [6.45, 7) is 0. The largest absolute Gasteiger partial charge is 0.497 e. The van der Waals surface area contributed by atoms with Crippen LogP contribution in [0.1, 0.15) is 5.56 Å². The maximum atomic E-state index is 12.8. The molecule has 200 valence electrons. The summed E-state index contributed by atoms with van der Waals surface area (Å²) in [5.41, 5.74) is 1.47. The maximum Gasteiger partial charge on any atom is 0.349 e. The molecule has 0 N–H and O–H groups in total. The van der Waals surface area contributed by atoms with Crippen LogP contribution in [0.2, 0.25) is 0 Å². The van der Waals surface area contributed by atoms with Crippen LogP contribution in [-0.2, 0) is 39.0 Å². The van der Waals surface area contributed by atoms with Crippen LogP contribution in [-0.4, -0.2) is 66.2 Å². The van der Waals surface area contributed by atoms with Gasteiger partial charge in [0, 0.05) is 41.2 Å². The van der Waals surface area contributed by atoms with Crippen molar-refractivity contribution in [1.82, 2.24) is 4.78 Å². The van der Waals surface area contributed by atoms with E-state index in [2.05, 4.69) is 5.10 Å². The van der Waals surface area contributed by atoms with Crippen molar-refractivity contribution < 1.29 is 36.5 Å². The van der Waals surface area contributed by atoms with E-state index in [1.54, 1.807) is 54.3 Å². The highest BCUT2D eigenvalue weighted by molar-refractivity contribution is 8.02. The number of hydrazone groups is 1. The van der Waals surface area contributed by atoms with Gasteiger partial charge in [0.15, 0.2) is 0 Å². The lowest BCUT2D eigenvalue weighted by atomic mass is 10.2. The van der Waals surface area contributed by atoms with E-state index in [1.165, 1.54) is 28.4 Å². The molecule has 0 radical (unpaired) electrons.